The summed E-state index contributed by atoms with van der Waals surface area (Å²) in [5, 5.41) is 20.9. The molecular weight excluding hydrogens is 558 g/mol. The van der Waals surface area contributed by atoms with E-state index in [9.17, 15) is 19.5 Å². The lowest BCUT2D eigenvalue weighted by Gasteiger charge is -2.38. The summed E-state index contributed by atoms with van der Waals surface area (Å²) >= 11 is 0. The quantitative estimate of drug-likeness (QED) is 0.278. The number of anilines is 2. The zero-order valence-electron chi connectivity index (χ0n) is 25.7. The van der Waals surface area contributed by atoms with Crippen molar-refractivity contribution in [2.75, 3.05) is 37.4 Å². The molecule has 3 aromatic rings. The molecule has 3 atom stereocenters. The molecule has 5 rings (SSSR count). The van der Waals surface area contributed by atoms with Gasteiger partial charge in [0.2, 0.25) is 0 Å². The van der Waals surface area contributed by atoms with E-state index in [1.807, 2.05) is 49.4 Å². The third kappa shape index (κ3) is 7.07. The molecule has 5 amide bonds. The normalized spacial score (nSPS) is 19.6. The molecule has 3 aromatic carbocycles. The molecule has 234 valence electrons. The zero-order chi connectivity index (χ0) is 31.2. The lowest BCUT2D eigenvalue weighted by atomic mass is 9.96. The van der Waals surface area contributed by atoms with E-state index >= 15 is 0 Å². The first kappa shape index (κ1) is 31.1. The molecule has 0 radical (unpaired) electrons. The van der Waals surface area contributed by atoms with Crippen molar-refractivity contribution >= 4 is 40.1 Å². The highest BCUT2D eigenvalue weighted by atomic mass is 16.5. The van der Waals surface area contributed by atoms with Gasteiger partial charge in [0.15, 0.2) is 5.75 Å². The standard InChI is InChI=1S/C34H43N5O5/c1-22-19-39(23(2)21-40)32(41)27-16-10-18-29(36-33(42)35-25-13-5-4-6-14-25)31(27)44-30(22)20-38(3)34(43)37-28-17-9-12-24-11-7-8-15-26(24)28/h7-12,15-18,22-23,25,30,40H,4-6,13-14,19-21H2,1-3H3,(H,37,43)(H2,35,36,42)/t22-,23+,30-/m1/s1. The van der Waals surface area contributed by atoms with Gasteiger partial charge in [-0.05, 0) is 43.4 Å². The Hall–Kier alpha value is -4.31. The fraction of sp³-hybridized carbons (Fsp3) is 0.441. The molecule has 1 aliphatic heterocycles. The van der Waals surface area contributed by atoms with Crippen LogP contribution in [-0.4, -0.2) is 77.8 Å². The molecule has 0 saturated heterocycles. The van der Waals surface area contributed by atoms with E-state index < -0.39 is 12.1 Å². The van der Waals surface area contributed by atoms with E-state index in [-0.39, 0.29) is 48.8 Å². The number of rotatable bonds is 7. The second-order valence-electron chi connectivity index (χ2n) is 12.1. The van der Waals surface area contributed by atoms with Crippen LogP contribution in [0, 0.1) is 5.92 Å². The Morgan fingerprint density at radius 1 is 1.00 bits per heavy atom. The summed E-state index contributed by atoms with van der Waals surface area (Å²) < 4.78 is 6.57. The van der Waals surface area contributed by atoms with Crippen molar-refractivity contribution in [3.05, 3.63) is 66.2 Å². The number of carbonyl (C=O) groups is 3. The largest absolute Gasteiger partial charge is 0.485 e. The molecule has 2 aliphatic rings. The number of nitrogens with one attached hydrogen (secondary N) is 3. The van der Waals surface area contributed by atoms with Gasteiger partial charge in [0, 0.05) is 30.9 Å². The van der Waals surface area contributed by atoms with Gasteiger partial charge in [-0.25, -0.2) is 9.59 Å². The Morgan fingerprint density at radius 3 is 2.48 bits per heavy atom. The minimum atomic E-state index is -0.525. The van der Waals surface area contributed by atoms with Crippen LogP contribution in [0.5, 0.6) is 5.75 Å². The average Bonchev–Trinajstić information content (AvgIpc) is 3.03. The van der Waals surface area contributed by atoms with Crippen molar-refractivity contribution in [2.45, 2.75) is 64.1 Å². The maximum atomic E-state index is 13.8. The Labute approximate surface area is 258 Å². The minimum Gasteiger partial charge on any atom is -0.485 e. The summed E-state index contributed by atoms with van der Waals surface area (Å²) in [7, 11) is 1.71. The zero-order valence-corrected chi connectivity index (χ0v) is 25.7. The number of para-hydroxylation sites is 1. The summed E-state index contributed by atoms with van der Waals surface area (Å²) in [6.07, 6.45) is 4.71. The number of likely N-dealkylation sites (N-methyl/N-ethyl adjacent to an activating group) is 1. The van der Waals surface area contributed by atoms with Crippen LogP contribution in [-0.2, 0) is 0 Å². The fourth-order valence-electron chi connectivity index (χ4n) is 6.05. The maximum Gasteiger partial charge on any atom is 0.321 e. The van der Waals surface area contributed by atoms with Crippen molar-refractivity contribution in [1.82, 2.24) is 15.1 Å². The van der Waals surface area contributed by atoms with Gasteiger partial charge in [-0.15, -0.1) is 0 Å². The number of hydrogen-bond acceptors (Lipinski definition) is 5. The van der Waals surface area contributed by atoms with Gasteiger partial charge in [-0.1, -0.05) is 68.7 Å². The number of aliphatic hydroxyl groups is 1. The summed E-state index contributed by atoms with van der Waals surface area (Å²) in [5.41, 5.74) is 1.38. The SMILES string of the molecule is C[C@@H]1CN([C@@H](C)CO)C(=O)c2cccc(NC(=O)NC3CCCCC3)c2O[C@@H]1CN(C)C(=O)Nc1cccc2ccccc12. The number of aliphatic hydroxyl groups excluding tert-OH is 1. The van der Waals surface area contributed by atoms with Gasteiger partial charge in [-0.2, -0.15) is 0 Å². The number of carbonyl (C=O) groups excluding carboxylic acids is 3. The van der Waals surface area contributed by atoms with Gasteiger partial charge in [0.25, 0.3) is 5.91 Å². The molecule has 0 unspecified atom stereocenters. The lowest BCUT2D eigenvalue weighted by molar-refractivity contribution is 0.0373. The van der Waals surface area contributed by atoms with E-state index in [0.29, 0.717) is 23.5 Å². The first-order valence-corrected chi connectivity index (χ1v) is 15.5. The number of amides is 5. The first-order valence-electron chi connectivity index (χ1n) is 15.5. The van der Waals surface area contributed by atoms with Crippen molar-refractivity contribution in [3.63, 3.8) is 0 Å². The number of urea groups is 2. The highest BCUT2D eigenvalue weighted by Crippen LogP contribution is 2.35. The monoisotopic (exact) mass is 601 g/mol. The lowest BCUT2D eigenvalue weighted by Crippen LogP contribution is -2.50. The Morgan fingerprint density at radius 2 is 1.70 bits per heavy atom. The summed E-state index contributed by atoms with van der Waals surface area (Å²) in [5.74, 6) is -0.242. The molecule has 1 aliphatic carbocycles. The predicted octanol–water partition coefficient (Wildman–Crippen LogP) is 5.68. The van der Waals surface area contributed by atoms with Crippen LogP contribution in [0.15, 0.2) is 60.7 Å². The topological polar surface area (TPSA) is 123 Å². The molecule has 0 spiro atoms. The van der Waals surface area contributed by atoms with Crippen molar-refractivity contribution < 1.29 is 24.2 Å². The van der Waals surface area contributed by atoms with Crippen molar-refractivity contribution in [1.29, 1.82) is 0 Å². The number of fused-ring (bicyclic) bond motifs is 2. The highest BCUT2D eigenvalue weighted by molar-refractivity contribution is 6.02. The number of nitrogens with zero attached hydrogens (tertiary/aromatic N) is 2. The average molecular weight is 602 g/mol. The van der Waals surface area contributed by atoms with Crippen LogP contribution < -0.4 is 20.7 Å². The minimum absolute atomic E-state index is 0.111. The van der Waals surface area contributed by atoms with Gasteiger partial charge in [-0.3, -0.25) is 4.79 Å². The molecule has 4 N–H and O–H groups in total. The molecule has 44 heavy (non-hydrogen) atoms. The Bertz CT molecular complexity index is 1480. The number of ether oxygens (including phenoxy) is 1. The second kappa shape index (κ2) is 14.0. The van der Waals surface area contributed by atoms with Crippen LogP contribution in [0.1, 0.15) is 56.3 Å². The summed E-state index contributed by atoms with van der Waals surface area (Å²) in [6, 6.07) is 17.8. The molecule has 0 aromatic heterocycles. The third-order valence-corrected chi connectivity index (χ3v) is 8.71. The van der Waals surface area contributed by atoms with Crippen LogP contribution in [0.3, 0.4) is 0 Å². The molecular formula is C34H43N5O5. The van der Waals surface area contributed by atoms with E-state index in [1.165, 1.54) is 6.42 Å². The Balaban J connectivity index is 1.39. The molecule has 0 bridgehead atoms. The van der Waals surface area contributed by atoms with Crippen LogP contribution >= 0.6 is 0 Å². The van der Waals surface area contributed by atoms with Crippen LogP contribution in [0.2, 0.25) is 0 Å². The number of hydrogen-bond donors (Lipinski definition) is 4. The molecule has 1 saturated carbocycles. The van der Waals surface area contributed by atoms with Gasteiger partial charge in [0.05, 0.1) is 36.1 Å². The van der Waals surface area contributed by atoms with E-state index in [4.69, 9.17) is 4.74 Å². The van der Waals surface area contributed by atoms with Crippen LogP contribution in [0.4, 0.5) is 21.0 Å². The Kier molecular flexibility index (Phi) is 9.89. The smallest absolute Gasteiger partial charge is 0.321 e. The molecule has 1 fully saturated rings. The molecule has 1 heterocycles. The molecule has 10 nitrogen and oxygen atoms in total. The highest BCUT2D eigenvalue weighted by Gasteiger charge is 2.35. The summed E-state index contributed by atoms with van der Waals surface area (Å²) in [6.45, 7) is 4.10. The predicted molar refractivity (Wildman–Crippen MR) is 172 cm³/mol. The second-order valence-corrected chi connectivity index (χ2v) is 12.1. The van der Waals surface area contributed by atoms with Crippen molar-refractivity contribution in [3.8, 4) is 5.75 Å². The summed E-state index contributed by atoms with van der Waals surface area (Å²) in [4.78, 5) is 43.4. The first-order chi connectivity index (χ1) is 21.2. The number of benzene rings is 3. The van der Waals surface area contributed by atoms with E-state index in [1.54, 1.807) is 42.0 Å². The van der Waals surface area contributed by atoms with E-state index in [2.05, 4.69) is 16.0 Å². The van der Waals surface area contributed by atoms with E-state index in [0.717, 1.165) is 36.5 Å². The van der Waals surface area contributed by atoms with Crippen LogP contribution in [0.25, 0.3) is 10.8 Å². The van der Waals surface area contributed by atoms with Gasteiger partial charge >= 0.3 is 12.1 Å². The van der Waals surface area contributed by atoms with Gasteiger partial charge in [0.1, 0.15) is 6.10 Å². The third-order valence-electron chi connectivity index (χ3n) is 8.71. The fourth-order valence-corrected chi connectivity index (χ4v) is 6.05. The van der Waals surface area contributed by atoms with Crippen molar-refractivity contribution in [2.24, 2.45) is 5.92 Å². The van der Waals surface area contributed by atoms with Gasteiger partial charge < -0.3 is 35.6 Å². The maximum absolute atomic E-state index is 13.8. The molecule has 10 heteroatoms.